The van der Waals surface area contributed by atoms with Crippen molar-refractivity contribution in [3.8, 4) is 0 Å². The van der Waals surface area contributed by atoms with E-state index < -0.39 is 12.1 Å². The van der Waals surface area contributed by atoms with Gasteiger partial charge in [-0.1, -0.05) is 0 Å². The van der Waals surface area contributed by atoms with Gasteiger partial charge < -0.3 is 24.9 Å². The molecule has 0 bridgehead atoms. The smallest absolute Gasteiger partial charge is 0.319 e. The molecule has 8 nitrogen and oxygen atoms in total. The van der Waals surface area contributed by atoms with Gasteiger partial charge in [0.15, 0.2) is 0 Å². The number of urea groups is 1. The number of rotatable bonds is 6. The number of hydrogen-bond donors (Lipinski definition) is 3. The summed E-state index contributed by atoms with van der Waals surface area (Å²) >= 11 is 0. The number of carbonyl (C=O) groups excluding carboxylic acids is 1. The lowest BCUT2D eigenvalue weighted by Crippen LogP contribution is -2.32. The van der Waals surface area contributed by atoms with Gasteiger partial charge in [0, 0.05) is 12.8 Å². The van der Waals surface area contributed by atoms with Crippen LogP contribution in [0.1, 0.15) is 24.7 Å². The van der Waals surface area contributed by atoms with Crippen LogP contribution in [0.2, 0.25) is 0 Å². The lowest BCUT2D eigenvalue weighted by molar-refractivity contribution is 0.0940. The summed E-state index contributed by atoms with van der Waals surface area (Å²) in [5.74, 6) is 0.412. The summed E-state index contributed by atoms with van der Waals surface area (Å²) in [6, 6.07) is 2.92. The van der Waals surface area contributed by atoms with Crippen LogP contribution in [0.5, 0.6) is 0 Å². The van der Waals surface area contributed by atoms with E-state index in [0.29, 0.717) is 18.0 Å². The van der Waals surface area contributed by atoms with Gasteiger partial charge in [0.2, 0.25) is 0 Å². The van der Waals surface area contributed by atoms with Crippen LogP contribution in [0, 0.1) is 0 Å². The van der Waals surface area contributed by atoms with Gasteiger partial charge in [-0.15, -0.1) is 0 Å². The Morgan fingerprint density at radius 1 is 1.57 bits per heavy atom. The van der Waals surface area contributed by atoms with Crippen molar-refractivity contribution in [2.45, 2.75) is 31.6 Å². The van der Waals surface area contributed by atoms with Crippen LogP contribution in [0.4, 0.5) is 10.5 Å². The highest BCUT2D eigenvalue weighted by atomic mass is 16.5. The summed E-state index contributed by atoms with van der Waals surface area (Å²) < 4.78 is 12.4. The molecule has 2 atom stereocenters. The molecule has 2 amide bonds. The van der Waals surface area contributed by atoms with E-state index in [9.17, 15) is 9.90 Å². The number of anilines is 1. The zero-order valence-corrected chi connectivity index (χ0v) is 12.6. The van der Waals surface area contributed by atoms with Crippen LogP contribution in [0.25, 0.3) is 0 Å². The highest BCUT2D eigenvalue weighted by Gasteiger charge is 2.17. The maximum Gasteiger partial charge on any atom is 0.319 e. The number of amides is 2. The summed E-state index contributed by atoms with van der Waals surface area (Å²) in [7, 11) is 0. The van der Waals surface area contributed by atoms with Crippen molar-refractivity contribution in [2.75, 3.05) is 18.5 Å². The Kier molecular flexibility index (Phi) is 4.94. The van der Waals surface area contributed by atoms with Gasteiger partial charge in [-0.25, -0.2) is 4.79 Å². The average Bonchev–Trinajstić information content (AvgIpc) is 3.28. The molecule has 8 heteroatoms. The molecular formula is C15H20N4O4. The molecule has 1 aliphatic heterocycles. The van der Waals surface area contributed by atoms with Crippen molar-refractivity contribution in [3.05, 3.63) is 36.5 Å². The first-order valence-electron chi connectivity index (χ1n) is 7.61. The molecule has 0 saturated carbocycles. The Balaban J connectivity index is 1.43. The van der Waals surface area contributed by atoms with E-state index >= 15 is 0 Å². The molecule has 3 N–H and O–H groups in total. The van der Waals surface area contributed by atoms with E-state index in [-0.39, 0.29) is 12.6 Å². The Bertz CT molecular complexity index is 619. The second-order valence-corrected chi connectivity index (χ2v) is 5.45. The third-order valence-electron chi connectivity index (χ3n) is 3.63. The second kappa shape index (κ2) is 7.30. The van der Waals surface area contributed by atoms with Crippen molar-refractivity contribution in [3.63, 3.8) is 0 Å². The van der Waals surface area contributed by atoms with E-state index in [2.05, 4.69) is 15.7 Å². The molecule has 2 aromatic rings. The molecule has 3 heterocycles. The van der Waals surface area contributed by atoms with Gasteiger partial charge in [0.05, 0.1) is 37.3 Å². The number of aliphatic hydroxyl groups excluding tert-OH is 1. The van der Waals surface area contributed by atoms with Crippen LogP contribution in [-0.4, -0.2) is 40.2 Å². The summed E-state index contributed by atoms with van der Waals surface area (Å²) in [5, 5.41) is 19.3. The fourth-order valence-corrected chi connectivity index (χ4v) is 2.47. The third-order valence-corrected chi connectivity index (χ3v) is 3.63. The average molecular weight is 320 g/mol. The van der Waals surface area contributed by atoms with Crippen molar-refractivity contribution in [2.24, 2.45) is 0 Å². The quantitative estimate of drug-likeness (QED) is 0.749. The molecule has 3 rings (SSSR count). The van der Waals surface area contributed by atoms with Crippen LogP contribution in [0.3, 0.4) is 0 Å². The van der Waals surface area contributed by atoms with E-state index in [4.69, 9.17) is 9.15 Å². The highest BCUT2D eigenvalue weighted by molar-refractivity contribution is 5.88. The Morgan fingerprint density at radius 2 is 2.48 bits per heavy atom. The van der Waals surface area contributed by atoms with Crippen LogP contribution < -0.4 is 10.6 Å². The minimum absolute atomic E-state index is 0.0589. The zero-order chi connectivity index (χ0) is 16.1. The SMILES string of the molecule is O=C(NCC(O)c1ccco1)Nc1cnn(CC2CCCO2)c1. The zero-order valence-electron chi connectivity index (χ0n) is 12.6. The molecule has 124 valence electrons. The Morgan fingerprint density at radius 3 is 3.22 bits per heavy atom. The van der Waals surface area contributed by atoms with Crippen molar-refractivity contribution in [1.29, 1.82) is 0 Å². The van der Waals surface area contributed by atoms with E-state index in [1.54, 1.807) is 29.2 Å². The summed E-state index contributed by atoms with van der Waals surface area (Å²) in [6.07, 6.45) is 6.24. The summed E-state index contributed by atoms with van der Waals surface area (Å²) in [4.78, 5) is 11.8. The number of aromatic nitrogens is 2. The molecule has 0 aromatic carbocycles. The monoisotopic (exact) mass is 320 g/mol. The minimum atomic E-state index is -0.877. The number of nitrogens with zero attached hydrogens (tertiary/aromatic N) is 2. The van der Waals surface area contributed by atoms with Gasteiger partial charge in [0.25, 0.3) is 0 Å². The fraction of sp³-hybridized carbons (Fsp3) is 0.467. The molecular weight excluding hydrogens is 300 g/mol. The molecule has 1 aliphatic rings. The second-order valence-electron chi connectivity index (χ2n) is 5.45. The molecule has 1 fully saturated rings. The van der Waals surface area contributed by atoms with E-state index in [1.807, 2.05) is 0 Å². The molecule has 2 unspecified atom stereocenters. The number of furan rings is 1. The topological polar surface area (TPSA) is 102 Å². The standard InChI is InChI=1S/C15H20N4O4/c20-13(14-4-2-6-23-14)8-16-15(21)18-11-7-17-19(9-11)10-12-3-1-5-22-12/h2,4,6-7,9,12-13,20H,1,3,5,8,10H2,(H2,16,18,21). The molecule has 23 heavy (non-hydrogen) atoms. The molecule has 1 saturated heterocycles. The predicted molar refractivity (Wildman–Crippen MR) is 81.9 cm³/mol. The number of ether oxygens (including phenoxy) is 1. The number of nitrogens with one attached hydrogen (secondary N) is 2. The molecule has 0 aliphatic carbocycles. The predicted octanol–water partition coefficient (Wildman–Crippen LogP) is 1.51. The molecule has 0 radical (unpaired) electrons. The van der Waals surface area contributed by atoms with Crippen LogP contribution >= 0.6 is 0 Å². The number of aliphatic hydroxyl groups is 1. The van der Waals surface area contributed by atoms with Gasteiger partial charge in [0.1, 0.15) is 11.9 Å². The third kappa shape index (κ3) is 4.33. The normalized spacial score (nSPS) is 18.7. The van der Waals surface area contributed by atoms with Crippen molar-refractivity contribution >= 4 is 11.7 Å². The number of hydrogen-bond acceptors (Lipinski definition) is 5. The minimum Gasteiger partial charge on any atom is -0.467 e. The molecule has 0 spiro atoms. The van der Waals surface area contributed by atoms with Crippen LogP contribution in [0.15, 0.2) is 35.2 Å². The Hall–Kier alpha value is -2.32. The lowest BCUT2D eigenvalue weighted by atomic mass is 10.2. The highest BCUT2D eigenvalue weighted by Crippen LogP contribution is 2.15. The maximum absolute atomic E-state index is 11.8. The van der Waals surface area contributed by atoms with Crippen molar-refractivity contribution in [1.82, 2.24) is 15.1 Å². The first-order valence-corrected chi connectivity index (χ1v) is 7.61. The van der Waals surface area contributed by atoms with Gasteiger partial charge in [-0.05, 0) is 25.0 Å². The largest absolute Gasteiger partial charge is 0.467 e. The number of carbonyl (C=O) groups is 1. The lowest BCUT2D eigenvalue weighted by Gasteiger charge is -2.10. The summed E-state index contributed by atoms with van der Waals surface area (Å²) in [6.45, 7) is 1.54. The van der Waals surface area contributed by atoms with Crippen molar-refractivity contribution < 1.29 is 19.1 Å². The first kappa shape index (κ1) is 15.6. The van der Waals surface area contributed by atoms with Gasteiger partial charge in [-0.3, -0.25) is 4.68 Å². The van der Waals surface area contributed by atoms with Gasteiger partial charge in [-0.2, -0.15) is 5.10 Å². The summed E-state index contributed by atoms with van der Waals surface area (Å²) in [5.41, 5.74) is 0.591. The first-order chi connectivity index (χ1) is 11.2. The molecule has 2 aromatic heterocycles. The van der Waals surface area contributed by atoms with Crippen LogP contribution in [-0.2, 0) is 11.3 Å². The van der Waals surface area contributed by atoms with E-state index in [1.165, 1.54) is 6.26 Å². The maximum atomic E-state index is 11.8. The van der Waals surface area contributed by atoms with Gasteiger partial charge >= 0.3 is 6.03 Å². The fourth-order valence-electron chi connectivity index (χ4n) is 2.47. The Labute approximate surface area is 133 Å². The van der Waals surface area contributed by atoms with E-state index in [0.717, 1.165) is 19.4 Å².